The number of carbonyl (C=O) groups excluding carboxylic acids is 1. The van der Waals surface area contributed by atoms with Crippen molar-refractivity contribution in [2.75, 3.05) is 0 Å². The molecule has 0 saturated heterocycles. The Bertz CT molecular complexity index is 815. The first-order valence-corrected chi connectivity index (χ1v) is 6.54. The summed E-state index contributed by atoms with van der Waals surface area (Å²) >= 11 is 0. The largest absolute Gasteiger partial charge is 0.466 e. The highest BCUT2D eigenvalue weighted by Gasteiger charge is 2.15. The zero-order valence-electron chi connectivity index (χ0n) is 11.7. The van der Waals surface area contributed by atoms with Crippen molar-refractivity contribution < 1.29 is 9.21 Å². The maximum absolute atomic E-state index is 12.5. The molecule has 3 heteroatoms. The SMILES string of the molecule is Cc1ccc2cc(C(=O)c3cc(C)oc3C)ccc2n1. The van der Waals surface area contributed by atoms with E-state index in [1.165, 1.54) is 0 Å². The Labute approximate surface area is 117 Å². The van der Waals surface area contributed by atoms with Crippen LogP contribution in [0.3, 0.4) is 0 Å². The molecule has 3 rings (SSSR count). The molecule has 2 heterocycles. The lowest BCUT2D eigenvalue weighted by Gasteiger charge is -2.03. The van der Waals surface area contributed by atoms with Crippen molar-refractivity contribution in [1.29, 1.82) is 0 Å². The summed E-state index contributed by atoms with van der Waals surface area (Å²) in [5, 5.41) is 0.972. The van der Waals surface area contributed by atoms with Crippen LogP contribution in [-0.4, -0.2) is 10.8 Å². The third kappa shape index (κ3) is 2.11. The van der Waals surface area contributed by atoms with Crippen LogP contribution in [0.2, 0.25) is 0 Å². The highest BCUT2D eigenvalue weighted by molar-refractivity contribution is 6.11. The quantitative estimate of drug-likeness (QED) is 0.658. The van der Waals surface area contributed by atoms with E-state index >= 15 is 0 Å². The van der Waals surface area contributed by atoms with Crippen LogP contribution in [0.4, 0.5) is 0 Å². The number of ketones is 1. The lowest BCUT2D eigenvalue weighted by molar-refractivity contribution is 0.103. The van der Waals surface area contributed by atoms with Crippen molar-refractivity contribution in [2.24, 2.45) is 0 Å². The molecule has 0 saturated carbocycles. The normalized spacial score (nSPS) is 10.9. The highest BCUT2D eigenvalue weighted by atomic mass is 16.3. The highest BCUT2D eigenvalue weighted by Crippen LogP contribution is 2.21. The summed E-state index contributed by atoms with van der Waals surface area (Å²) in [6, 6.07) is 11.3. The summed E-state index contributed by atoms with van der Waals surface area (Å²) in [5.74, 6) is 1.40. The van der Waals surface area contributed by atoms with E-state index in [4.69, 9.17) is 4.42 Å². The van der Waals surface area contributed by atoms with Gasteiger partial charge >= 0.3 is 0 Å². The Morgan fingerprint density at radius 2 is 1.85 bits per heavy atom. The molecule has 20 heavy (non-hydrogen) atoms. The molecular weight excluding hydrogens is 250 g/mol. The molecule has 1 aromatic carbocycles. The van der Waals surface area contributed by atoms with Crippen LogP contribution in [0.25, 0.3) is 10.9 Å². The van der Waals surface area contributed by atoms with Crippen molar-refractivity contribution in [1.82, 2.24) is 4.98 Å². The van der Waals surface area contributed by atoms with E-state index in [-0.39, 0.29) is 5.78 Å². The van der Waals surface area contributed by atoms with Gasteiger partial charge in [0.2, 0.25) is 0 Å². The molecule has 3 aromatic rings. The molecule has 0 aliphatic heterocycles. The summed E-state index contributed by atoms with van der Waals surface area (Å²) in [5.41, 5.74) is 3.16. The van der Waals surface area contributed by atoms with E-state index < -0.39 is 0 Å². The minimum Gasteiger partial charge on any atom is -0.466 e. The summed E-state index contributed by atoms with van der Waals surface area (Å²) in [4.78, 5) is 17.0. The van der Waals surface area contributed by atoms with Gasteiger partial charge in [0.1, 0.15) is 11.5 Å². The number of fused-ring (bicyclic) bond motifs is 1. The number of nitrogens with zero attached hydrogens (tertiary/aromatic N) is 1. The Morgan fingerprint density at radius 1 is 1.05 bits per heavy atom. The second-order valence-corrected chi connectivity index (χ2v) is 5.02. The van der Waals surface area contributed by atoms with Gasteiger partial charge in [0.15, 0.2) is 5.78 Å². The van der Waals surface area contributed by atoms with Gasteiger partial charge in [-0.05, 0) is 51.1 Å². The molecule has 3 nitrogen and oxygen atoms in total. The first kappa shape index (κ1) is 12.6. The van der Waals surface area contributed by atoms with Gasteiger partial charge in [-0.15, -0.1) is 0 Å². The zero-order valence-corrected chi connectivity index (χ0v) is 11.7. The molecule has 0 aliphatic rings. The number of hydrogen-bond donors (Lipinski definition) is 0. The van der Waals surface area contributed by atoms with Crippen LogP contribution < -0.4 is 0 Å². The summed E-state index contributed by atoms with van der Waals surface area (Å²) in [7, 11) is 0. The fourth-order valence-electron chi connectivity index (χ4n) is 2.38. The van der Waals surface area contributed by atoms with Crippen LogP contribution in [0.5, 0.6) is 0 Å². The number of aromatic nitrogens is 1. The summed E-state index contributed by atoms with van der Waals surface area (Å²) < 4.78 is 5.43. The van der Waals surface area contributed by atoms with Gasteiger partial charge in [-0.2, -0.15) is 0 Å². The molecule has 0 atom stereocenters. The van der Waals surface area contributed by atoms with Crippen molar-refractivity contribution in [3.63, 3.8) is 0 Å². The van der Waals surface area contributed by atoms with Crippen molar-refractivity contribution in [3.8, 4) is 0 Å². The van der Waals surface area contributed by atoms with Crippen LogP contribution in [0.1, 0.15) is 33.1 Å². The summed E-state index contributed by atoms with van der Waals surface area (Å²) in [6.45, 7) is 5.61. The standard InChI is InChI=1S/C17H15NO2/c1-10-4-5-13-9-14(6-7-16(13)18-10)17(19)15-8-11(2)20-12(15)3/h4-9H,1-3H3. The number of benzene rings is 1. The van der Waals surface area contributed by atoms with Crippen molar-refractivity contribution >= 4 is 16.7 Å². The number of hydrogen-bond acceptors (Lipinski definition) is 3. The van der Waals surface area contributed by atoms with E-state index in [1.54, 1.807) is 6.07 Å². The van der Waals surface area contributed by atoms with Crippen molar-refractivity contribution in [2.45, 2.75) is 20.8 Å². The zero-order chi connectivity index (χ0) is 14.3. The smallest absolute Gasteiger partial charge is 0.196 e. The van der Waals surface area contributed by atoms with Gasteiger partial charge in [0, 0.05) is 16.6 Å². The third-order valence-electron chi connectivity index (χ3n) is 3.38. The van der Waals surface area contributed by atoms with Crippen LogP contribution >= 0.6 is 0 Å². The molecule has 0 bridgehead atoms. The van der Waals surface area contributed by atoms with E-state index in [0.29, 0.717) is 16.9 Å². The average Bonchev–Trinajstić information content (AvgIpc) is 2.76. The number of carbonyl (C=O) groups is 1. The third-order valence-corrected chi connectivity index (χ3v) is 3.38. The second kappa shape index (κ2) is 4.60. The molecule has 0 aliphatic carbocycles. The van der Waals surface area contributed by atoms with Gasteiger partial charge in [0.25, 0.3) is 0 Å². The Balaban J connectivity index is 2.08. The monoisotopic (exact) mass is 265 g/mol. The van der Waals surface area contributed by atoms with Crippen LogP contribution in [0, 0.1) is 20.8 Å². The van der Waals surface area contributed by atoms with Gasteiger partial charge < -0.3 is 4.42 Å². The van der Waals surface area contributed by atoms with Gasteiger partial charge in [0.05, 0.1) is 11.1 Å². The molecule has 0 unspecified atom stereocenters. The fourth-order valence-corrected chi connectivity index (χ4v) is 2.38. The first-order chi connectivity index (χ1) is 9.54. The number of aryl methyl sites for hydroxylation is 3. The minimum atomic E-state index is -0.0122. The second-order valence-electron chi connectivity index (χ2n) is 5.02. The van der Waals surface area contributed by atoms with Gasteiger partial charge in [-0.3, -0.25) is 9.78 Å². The molecule has 0 spiro atoms. The van der Waals surface area contributed by atoms with Gasteiger partial charge in [-0.1, -0.05) is 6.07 Å². The topological polar surface area (TPSA) is 43.1 Å². The van der Waals surface area contributed by atoms with Crippen LogP contribution in [-0.2, 0) is 0 Å². The van der Waals surface area contributed by atoms with Crippen LogP contribution in [0.15, 0.2) is 40.8 Å². The maximum Gasteiger partial charge on any atom is 0.196 e. The molecule has 2 aromatic heterocycles. The lowest BCUT2D eigenvalue weighted by atomic mass is 10.0. The van der Waals surface area contributed by atoms with Crippen molar-refractivity contribution in [3.05, 3.63) is 64.7 Å². The van der Waals surface area contributed by atoms with Gasteiger partial charge in [-0.25, -0.2) is 0 Å². The first-order valence-electron chi connectivity index (χ1n) is 6.54. The molecular formula is C17H15NO2. The Hall–Kier alpha value is -2.42. The molecule has 0 radical (unpaired) electrons. The number of pyridine rings is 1. The predicted molar refractivity (Wildman–Crippen MR) is 78.1 cm³/mol. The predicted octanol–water partition coefficient (Wildman–Crippen LogP) is 3.98. The maximum atomic E-state index is 12.5. The Morgan fingerprint density at radius 3 is 2.55 bits per heavy atom. The molecule has 0 N–H and O–H groups in total. The summed E-state index contributed by atoms with van der Waals surface area (Å²) in [6.07, 6.45) is 0. The molecule has 100 valence electrons. The fraction of sp³-hybridized carbons (Fsp3) is 0.176. The molecule has 0 fully saturated rings. The van der Waals surface area contributed by atoms with E-state index in [0.717, 1.165) is 22.4 Å². The molecule has 0 amide bonds. The van der Waals surface area contributed by atoms with E-state index in [2.05, 4.69) is 4.98 Å². The Kier molecular flexibility index (Phi) is 2.90. The minimum absolute atomic E-state index is 0.0122. The number of furan rings is 1. The lowest BCUT2D eigenvalue weighted by Crippen LogP contribution is -2.01. The average molecular weight is 265 g/mol. The number of rotatable bonds is 2. The van der Waals surface area contributed by atoms with E-state index in [9.17, 15) is 4.79 Å². The van der Waals surface area contributed by atoms with E-state index in [1.807, 2.05) is 51.1 Å².